The number of anilines is 1. The summed E-state index contributed by atoms with van der Waals surface area (Å²) in [5, 5.41) is 27.7. The van der Waals surface area contributed by atoms with Crippen LogP contribution < -0.4 is 5.32 Å². The van der Waals surface area contributed by atoms with Crippen molar-refractivity contribution in [2.45, 2.75) is 57.2 Å². The van der Waals surface area contributed by atoms with E-state index in [1.807, 2.05) is 18.2 Å². The monoisotopic (exact) mass is 439 g/mol. The number of esters is 1. The van der Waals surface area contributed by atoms with Gasteiger partial charge >= 0.3 is 5.97 Å². The summed E-state index contributed by atoms with van der Waals surface area (Å²) in [6.07, 6.45) is 7.21. The van der Waals surface area contributed by atoms with Gasteiger partial charge in [-0.3, -0.25) is 0 Å². The fourth-order valence-electron chi connectivity index (χ4n) is 4.45. The number of nitrogens with zero attached hydrogens (tertiary/aromatic N) is 4. The van der Waals surface area contributed by atoms with Gasteiger partial charge in [0.05, 0.1) is 43.0 Å². The molecule has 2 heterocycles. The van der Waals surface area contributed by atoms with Gasteiger partial charge in [-0.25, -0.2) is 19.4 Å². The van der Waals surface area contributed by atoms with Crippen molar-refractivity contribution in [3.8, 4) is 0 Å². The molecule has 1 aliphatic carbocycles. The number of fused-ring (bicyclic) bond motifs is 1. The van der Waals surface area contributed by atoms with Crippen molar-refractivity contribution < 1.29 is 19.7 Å². The highest BCUT2D eigenvalue weighted by Crippen LogP contribution is 2.37. The SMILES string of the molecule is CCOC(=O)c1cccc(CC2(Nc3ncnc4c3cnn4CC(O)CO)CCCC2)c1. The van der Waals surface area contributed by atoms with Crippen LogP contribution in [0.2, 0.25) is 0 Å². The van der Waals surface area contributed by atoms with E-state index >= 15 is 0 Å². The third-order valence-electron chi connectivity index (χ3n) is 5.95. The first-order valence-corrected chi connectivity index (χ1v) is 11.0. The molecular formula is C23H29N5O4. The molecule has 1 atom stereocenters. The maximum absolute atomic E-state index is 12.2. The highest BCUT2D eigenvalue weighted by molar-refractivity contribution is 5.89. The van der Waals surface area contributed by atoms with Gasteiger partial charge in [0.25, 0.3) is 0 Å². The molecule has 170 valence electrons. The fourth-order valence-corrected chi connectivity index (χ4v) is 4.45. The van der Waals surface area contributed by atoms with Crippen LogP contribution in [0.1, 0.15) is 48.5 Å². The van der Waals surface area contributed by atoms with Crippen LogP contribution >= 0.6 is 0 Å². The summed E-state index contributed by atoms with van der Waals surface area (Å²) >= 11 is 0. The van der Waals surface area contributed by atoms with Crippen molar-refractivity contribution in [3.05, 3.63) is 47.9 Å². The van der Waals surface area contributed by atoms with Crippen LogP contribution in [0.4, 0.5) is 5.82 Å². The van der Waals surface area contributed by atoms with Crippen LogP contribution in [0, 0.1) is 0 Å². The van der Waals surface area contributed by atoms with E-state index in [0.29, 0.717) is 23.6 Å². The van der Waals surface area contributed by atoms with Gasteiger partial charge in [0.2, 0.25) is 0 Å². The number of rotatable bonds is 9. The molecule has 0 radical (unpaired) electrons. The Morgan fingerprint density at radius 2 is 2.12 bits per heavy atom. The van der Waals surface area contributed by atoms with E-state index in [4.69, 9.17) is 9.84 Å². The van der Waals surface area contributed by atoms with Gasteiger partial charge in [0.15, 0.2) is 5.65 Å². The largest absolute Gasteiger partial charge is 0.462 e. The first-order chi connectivity index (χ1) is 15.5. The van der Waals surface area contributed by atoms with Crippen molar-refractivity contribution in [1.29, 1.82) is 0 Å². The number of aromatic nitrogens is 4. The molecule has 0 bridgehead atoms. The van der Waals surface area contributed by atoms with E-state index in [1.165, 1.54) is 6.33 Å². The molecule has 32 heavy (non-hydrogen) atoms. The molecule has 3 N–H and O–H groups in total. The smallest absolute Gasteiger partial charge is 0.338 e. The molecule has 2 aromatic heterocycles. The van der Waals surface area contributed by atoms with E-state index < -0.39 is 6.10 Å². The maximum Gasteiger partial charge on any atom is 0.338 e. The quantitative estimate of drug-likeness (QED) is 0.434. The van der Waals surface area contributed by atoms with E-state index in [-0.39, 0.29) is 24.7 Å². The summed E-state index contributed by atoms with van der Waals surface area (Å²) < 4.78 is 6.72. The second-order valence-corrected chi connectivity index (χ2v) is 8.33. The zero-order valence-corrected chi connectivity index (χ0v) is 18.2. The van der Waals surface area contributed by atoms with E-state index in [0.717, 1.165) is 43.1 Å². The minimum absolute atomic E-state index is 0.155. The van der Waals surface area contributed by atoms with Gasteiger partial charge in [0.1, 0.15) is 12.1 Å². The zero-order valence-electron chi connectivity index (χ0n) is 18.2. The van der Waals surface area contributed by atoms with Crippen molar-refractivity contribution in [2.24, 2.45) is 0 Å². The number of nitrogens with one attached hydrogen (secondary N) is 1. The molecule has 4 rings (SSSR count). The predicted octanol–water partition coefficient (Wildman–Crippen LogP) is 2.32. The van der Waals surface area contributed by atoms with Crippen LogP contribution in [0.15, 0.2) is 36.8 Å². The van der Waals surface area contributed by atoms with E-state index in [2.05, 4.69) is 20.4 Å². The highest BCUT2D eigenvalue weighted by atomic mass is 16.5. The Labute approximate surface area is 186 Å². The Balaban J connectivity index is 1.60. The summed E-state index contributed by atoms with van der Waals surface area (Å²) in [5.74, 6) is 0.390. The highest BCUT2D eigenvalue weighted by Gasteiger charge is 2.35. The van der Waals surface area contributed by atoms with Gasteiger partial charge in [-0.05, 0) is 43.9 Å². The van der Waals surface area contributed by atoms with E-state index in [1.54, 1.807) is 23.9 Å². The van der Waals surface area contributed by atoms with Gasteiger partial charge in [-0.2, -0.15) is 5.10 Å². The molecule has 9 heteroatoms. The van der Waals surface area contributed by atoms with Crippen LogP contribution in [0.5, 0.6) is 0 Å². The van der Waals surface area contributed by atoms with Crippen molar-refractivity contribution in [3.63, 3.8) is 0 Å². The Morgan fingerprint density at radius 1 is 1.31 bits per heavy atom. The lowest BCUT2D eigenvalue weighted by Gasteiger charge is -2.31. The Bertz CT molecular complexity index is 1080. The summed E-state index contributed by atoms with van der Waals surface area (Å²) in [7, 11) is 0. The lowest BCUT2D eigenvalue weighted by molar-refractivity contribution is 0.0526. The third kappa shape index (κ3) is 4.73. The average Bonchev–Trinajstić information content (AvgIpc) is 3.42. The lowest BCUT2D eigenvalue weighted by Crippen LogP contribution is -2.38. The average molecular weight is 440 g/mol. The van der Waals surface area contributed by atoms with Crippen molar-refractivity contribution in [1.82, 2.24) is 19.7 Å². The number of hydrogen-bond donors (Lipinski definition) is 3. The summed E-state index contributed by atoms with van der Waals surface area (Å²) in [5.41, 5.74) is 2.04. The van der Waals surface area contributed by atoms with Gasteiger partial charge in [0, 0.05) is 5.54 Å². The first-order valence-electron chi connectivity index (χ1n) is 11.0. The number of ether oxygens (including phenoxy) is 1. The lowest BCUT2D eigenvalue weighted by atomic mass is 9.88. The normalized spacial score (nSPS) is 16.2. The molecular weight excluding hydrogens is 410 g/mol. The number of aliphatic hydroxyl groups excluding tert-OH is 2. The Kier molecular flexibility index (Phi) is 6.66. The summed E-state index contributed by atoms with van der Waals surface area (Å²) in [6, 6.07) is 7.61. The van der Waals surface area contributed by atoms with E-state index in [9.17, 15) is 9.90 Å². The molecule has 1 saturated carbocycles. The van der Waals surface area contributed by atoms with Gasteiger partial charge < -0.3 is 20.3 Å². The minimum atomic E-state index is -0.905. The second kappa shape index (κ2) is 9.62. The number of aliphatic hydroxyl groups is 2. The maximum atomic E-state index is 12.2. The predicted molar refractivity (Wildman–Crippen MR) is 119 cm³/mol. The number of benzene rings is 1. The zero-order chi connectivity index (χ0) is 22.6. The number of hydrogen-bond acceptors (Lipinski definition) is 8. The fraction of sp³-hybridized carbons (Fsp3) is 0.478. The van der Waals surface area contributed by atoms with Gasteiger partial charge in [-0.1, -0.05) is 25.0 Å². The summed E-state index contributed by atoms with van der Waals surface area (Å²) in [4.78, 5) is 21.0. The molecule has 1 fully saturated rings. The number of carbonyl (C=O) groups excluding carboxylic acids is 1. The Hall–Kier alpha value is -3.04. The topological polar surface area (TPSA) is 122 Å². The molecule has 0 amide bonds. The molecule has 0 aliphatic heterocycles. The van der Waals surface area contributed by atoms with Crippen molar-refractivity contribution >= 4 is 22.8 Å². The van der Waals surface area contributed by atoms with Gasteiger partial charge in [-0.15, -0.1) is 0 Å². The van der Waals surface area contributed by atoms with Crippen LogP contribution in [0.25, 0.3) is 11.0 Å². The van der Waals surface area contributed by atoms with Crippen LogP contribution in [0.3, 0.4) is 0 Å². The molecule has 0 spiro atoms. The summed E-state index contributed by atoms with van der Waals surface area (Å²) in [6.45, 7) is 1.96. The van der Waals surface area contributed by atoms with Crippen LogP contribution in [-0.2, 0) is 17.7 Å². The molecule has 1 unspecified atom stereocenters. The minimum Gasteiger partial charge on any atom is -0.462 e. The van der Waals surface area contributed by atoms with Crippen LogP contribution in [-0.4, -0.2) is 60.8 Å². The molecule has 1 aromatic carbocycles. The molecule has 3 aromatic rings. The molecule has 9 nitrogen and oxygen atoms in total. The molecule has 0 saturated heterocycles. The van der Waals surface area contributed by atoms with Crippen molar-refractivity contribution in [2.75, 3.05) is 18.5 Å². The number of carbonyl (C=O) groups is 1. The standard InChI is InChI=1S/C23H29N5O4/c1-2-32-22(31)17-7-5-6-16(10-17)11-23(8-3-4-9-23)27-20-19-12-26-28(13-18(30)14-29)21(19)25-15-24-20/h5-7,10,12,15,18,29-30H,2-4,8-9,11,13-14H2,1H3,(H,24,25,27). The second-order valence-electron chi connectivity index (χ2n) is 8.33. The molecule has 1 aliphatic rings. The first kappa shape index (κ1) is 22.2. The third-order valence-corrected chi connectivity index (χ3v) is 5.95. The Morgan fingerprint density at radius 3 is 2.88 bits per heavy atom.